The number of phosphoric ester groups is 1. The molecule has 0 saturated carbocycles. The van der Waals surface area contributed by atoms with Crippen molar-refractivity contribution >= 4 is 20.0 Å². The van der Waals surface area contributed by atoms with Crippen LogP contribution < -0.4 is 10.2 Å². The van der Waals surface area contributed by atoms with Crippen molar-refractivity contribution in [2.24, 2.45) is 0 Å². The number of hydrogen-bond donors (Lipinski definition) is 3. The molecular weight excluding hydrogens is 569 g/mol. The third-order valence-electron chi connectivity index (χ3n) is 6.31. The molecule has 4 rings (SSSR count). The highest BCUT2D eigenvalue weighted by Gasteiger charge is 2.58. The Labute approximate surface area is 239 Å². The lowest BCUT2D eigenvalue weighted by Crippen LogP contribution is -2.43. The number of nitrogens with one attached hydrogen (secondary N) is 1. The summed E-state index contributed by atoms with van der Waals surface area (Å²) in [5.74, 6) is -3.01. The first-order valence-corrected chi connectivity index (χ1v) is 13.9. The molecule has 0 aliphatic carbocycles. The number of rotatable bonds is 4. The summed E-state index contributed by atoms with van der Waals surface area (Å²) in [4.78, 5) is 14.6. The molecule has 1 fully saturated rings. The van der Waals surface area contributed by atoms with Crippen LogP contribution in [0.5, 0.6) is 5.75 Å². The molecule has 0 amide bonds. The minimum Gasteiger partial charge on any atom is -0.403 e. The lowest BCUT2D eigenvalue weighted by atomic mass is 9.78. The molecule has 1 saturated heterocycles. The Kier molecular flexibility index (Phi) is 6.71. The number of nitrogens with zero attached hydrogens (tertiary/aromatic N) is 1. The maximum absolute atomic E-state index is 16.3. The number of benzene rings is 1. The molecule has 14 heteroatoms. The zero-order chi connectivity index (χ0) is 32.7. The minimum absolute atomic E-state index is 0.120. The number of alkyl halides is 1. The van der Waals surface area contributed by atoms with Crippen molar-refractivity contribution in [2.45, 2.75) is 83.2 Å². The molecule has 0 spiro atoms. The van der Waals surface area contributed by atoms with E-state index in [1.54, 1.807) is 41.5 Å². The van der Waals surface area contributed by atoms with Gasteiger partial charge in [0.25, 0.3) is 5.85 Å². The van der Waals surface area contributed by atoms with Crippen LogP contribution in [-0.2, 0) is 35.8 Å². The Morgan fingerprint density at radius 1 is 1.35 bits per heavy atom. The molecule has 40 heavy (non-hydrogen) atoms. The van der Waals surface area contributed by atoms with Gasteiger partial charge in [0, 0.05) is 11.8 Å². The summed E-state index contributed by atoms with van der Waals surface area (Å²) in [5.41, 5.74) is -2.20. The number of H-pyrrole nitrogens is 1. The van der Waals surface area contributed by atoms with Gasteiger partial charge < -0.3 is 19.5 Å². The van der Waals surface area contributed by atoms with E-state index < -0.39 is 67.6 Å². The van der Waals surface area contributed by atoms with Gasteiger partial charge in [-0.25, -0.2) is 18.1 Å². The van der Waals surface area contributed by atoms with E-state index in [1.807, 2.05) is 0 Å². The second-order valence-electron chi connectivity index (χ2n) is 11.4. The Hall–Kier alpha value is -2.43. The van der Waals surface area contributed by atoms with Crippen LogP contribution in [0.15, 0.2) is 17.1 Å². The fourth-order valence-corrected chi connectivity index (χ4v) is 5.40. The average Bonchev–Trinajstić information content (AvgIpc) is 3.03. The first-order chi connectivity index (χ1) is 19.4. The maximum Gasteiger partial charge on any atom is 0.530 e. The predicted molar refractivity (Wildman–Crippen MR) is 143 cm³/mol. The van der Waals surface area contributed by atoms with Crippen LogP contribution in [0.4, 0.5) is 8.78 Å². The summed E-state index contributed by atoms with van der Waals surface area (Å²) >= 11 is 4.90. The number of ether oxygens (including phenoxy) is 1. The number of aliphatic hydroxyl groups excluding tert-OH is 2. The van der Waals surface area contributed by atoms with Crippen LogP contribution >= 0.6 is 20.0 Å². The number of halogens is 2. The summed E-state index contributed by atoms with van der Waals surface area (Å²) in [6.07, 6.45) is -2.66. The van der Waals surface area contributed by atoms with E-state index in [0.29, 0.717) is 11.1 Å². The van der Waals surface area contributed by atoms with Crippen molar-refractivity contribution in [2.75, 3.05) is 6.56 Å². The summed E-state index contributed by atoms with van der Waals surface area (Å²) < 4.78 is 91.0. The van der Waals surface area contributed by atoms with Gasteiger partial charge in [0.05, 0.1) is 21.8 Å². The number of fused-ring (bicyclic) bond motifs is 1. The average molecular weight is 604 g/mol. The third-order valence-corrected chi connectivity index (χ3v) is 7.80. The Bertz CT molecular complexity index is 1700. The standard InChI is InChI=1S/C26H31F2N2O8PS/c1-8-13-10-30(23(33)29-21(13)40)22-18(31)20(32)26(28,37-22)12-36-39(34)35-11-14-17(27)15(24(2,3)4)9-16(19(14)38-39)25(5,6)7/h1,9-10,18,20,22,31-32H,11-12H2,2-7H3,(H,29,33,40)/t18-,20+,22-,26-,39?/m1/s1/i12D2,22D. The predicted octanol–water partition coefficient (Wildman–Crippen LogP) is 4.27. The fourth-order valence-electron chi connectivity index (χ4n) is 4.10. The van der Waals surface area contributed by atoms with E-state index in [1.165, 1.54) is 6.07 Å². The molecule has 2 aliphatic heterocycles. The van der Waals surface area contributed by atoms with Crippen molar-refractivity contribution in [3.8, 4) is 18.1 Å². The van der Waals surface area contributed by atoms with Gasteiger partial charge in [0.15, 0.2) is 6.20 Å². The van der Waals surface area contributed by atoms with Crippen molar-refractivity contribution < 1.29 is 46.0 Å². The van der Waals surface area contributed by atoms with Gasteiger partial charge in [-0.05, 0) is 22.5 Å². The lowest BCUT2D eigenvalue weighted by molar-refractivity contribution is -0.205. The van der Waals surface area contributed by atoms with Crippen molar-refractivity contribution in [3.05, 3.63) is 55.5 Å². The van der Waals surface area contributed by atoms with Crippen LogP contribution in [0, 0.1) is 22.8 Å². The zero-order valence-electron chi connectivity index (χ0n) is 25.5. The molecule has 0 bridgehead atoms. The molecule has 10 nitrogen and oxygen atoms in total. The Morgan fingerprint density at radius 3 is 2.55 bits per heavy atom. The SMILES string of the molecule is [2H]C([2H])(OP1(=O)OCc2c(F)c(C(C)(C)C)cc(C(C)(C)C)c2O1)[C@@]1(F)O[C@@]([2H])(n2cc(C#C)c(=S)[nH]c2=O)[C@H](O)[C@@H]1O. The minimum atomic E-state index is -5.15. The van der Waals surface area contributed by atoms with Crippen LogP contribution in [0.3, 0.4) is 0 Å². The first kappa shape index (κ1) is 26.5. The van der Waals surface area contributed by atoms with E-state index in [0.717, 1.165) is 6.20 Å². The van der Waals surface area contributed by atoms with E-state index in [-0.39, 0.29) is 26.1 Å². The number of terminal acetylenes is 1. The van der Waals surface area contributed by atoms with Crippen molar-refractivity contribution in [1.82, 2.24) is 9.55 Å². The molecule has 2 aliphatic rings. The molecule has 1 aromatic carbocycles. The molecule has 2 aromatic rings. The largest absolute Gasteiger partial charge is 0.530 e. The van der Waals surface area contributed by atoms with Gasteiger partial charge in [0.2, 0.25) is 0 Å². The van der Waals surface area contributed by atoms with Crippen LogP contribution in [-0.4, -0.2) is 44.4 Å². The highest BCUT2D eigenvalue weighted by molar-refractivity contribution is 7.71. The second kappa shape index (κ2) is 10.1. The molecule has 1 aromatic heterocycles. The Morgan fingerprint density at radius 2 is 1.98 bits per heavy atom. The number of aliphatic hydroxyl groups is 2. The van der Waals surface area contributed by atoms with Crippen LogP contribution in [0.1, 0.15) is 74.1 Å². The van der Waals surface area contributed by atoms with E-state index >= 15 is 8.78 Å². The van der Waals surface area contributed by atoms with Gasteiger partial charge >= 0.3 is 13.5 Å². The molecule has 5 atom stereocenters. The van der Waals surface area contributed by atoms with Gasteiger partial charge in [-0.2, -0.15) is 0 Å². The van der Waals surface area contributed by atoms with E-state index in [4.69, 9.17) is 41.1 Å². The smallest absolute Gasteiger partial charge is 0.403 e. The van der Waals surface area contributed by atoms with Gasteiger partial charge in [-0.15, -0.1) is 6.42 Å². The zero-order valence-corrected chi connectivity index (χ0v) is 24.2. The maximum atomic E-state index is 16.3. The summed E-state index contributed by atoms with van der Waals surface area (Å²) in [7, 11) is -5.15. The fraction of sp³-hybridized carbons (Fsp3) is 0.538. The molecule has 1 unspecified atom stereocenters. The third kappa shape index (κ3) is 5.42. The molecule has 3 heterocycles. The highest BCUT2D eigenvalue weighted by Crippen LogP contribution is 2.58. The topological polar surface area (TPSA) is 132 Å². The molecule has 0 radical (unpaired) electrons. The molecule has 218 valence electrons. The second-order valence-corrected chi connectivity index (χ2v) is 13.3. The summed E-state index contributed by atoms with van der Waals surface area (Å²) in [5, 5.41) is 21.2. The van der Waals surface area contributed by atoms with Gasteiger partial charge in [-0.3, -0.25) is 18.6 Å². The normalized spacial score (nSPS) is 31.9. The highest BCUT2D eigenvalue weighted by atomic mass is 32.1. The first-order valence-electron chi connectivity index (χ1n) is 13.5. The van der Waals surface area contributed by atoms with E-state index in [9.17, 15) is 19.6 Å². The van der Waals surface area contributed by atoms with Crippen molar-refractivity contribution in [1.29, 1.82) is 0 Å². The monoisotopic (exact) mass is 603 g/mol. The van der Waals surface area contributed by atoms with Crippen molar-refractivity contribution in [3.63, 3.8) is 0 Å². The molecule has 3 N–H and O–H groups in total. The quantitative estimate of drug-likeness (QED) is 0.266. The van der Waals surface area contributed by atoms with Gasteiger partial charge in [0.1, 0.15) is 35.0 Å². The number of aromatic nitrogens is 2. The number of hydrogen-bond acceptors (Lipinski definition) is 9. The summed E-state index contributed by atoms with van der Waals surface area (Å²) in [6.45, 7) is 5.99. The van der Waals surface area contributed by atoms with Crippen LogP contribution in [0.2, 0.25) is 0 Å². The Balaban J connectivity index is 1.75. The lowest BCUT2D eigenvalue weighted by Gasteiger charge is -2.34. The number of phosphoric acid groups is 1. The van der Waals surface area contributed by atoms with Crippen LogP contribution in [0.25, 0.3) is 0 Å². The van der Waals surface area contributed by atoms with Gasteiger partial charge in [-0.1, -0.05) is 59.7 Å². The molecular formula is C26H31F2N2O8PS. The number of aromatic amines is 1. The summed E-state index contributed by atoms with van der Waals surface area (Å²) in [6, 6.07) is 1.52. The van der Waals surface area contributed by atoms with E-state index in [2.05, 4.69) is 10.9 Å².